The van der Waals surface area contributed by atoms with Gasteiger partial charge in [0.15, 0.2) is 0 Å². The molecule has 0 bridgehead atoms. The van der Waals surface area contributed by atoms with Crippen molar-refractivity contribution in [2.45, 2.75) is 32.4 Å². The minimum Gasteiger partial charge on any atom is -0.315 e. The summed E-state index contributed by atoms with van der Waals surface area (Å²) in [5.74, 6) is 0. The number of piperidine rings is 1. The molecule has 0 aliphatic carbocycles. The highest BCUT2D eigenvalue weighted by Crippen LogP contribution is 2.16. The molecule has 1 unspecified atom stereocenters. The summed E-state index contributed by atoms with van der Waals surface area (Å²) in [6.07, 6.45) is 4.63. The summed E-state index contributed by atoms with van der Waals surface area (Å²) >= 11 is 1.81. The third kappa shape index (κ3) is 3.00. The minimum atomic E-state index is 0.696. The maximum absolute atomic E-state index is 4.29. The van der Waals surface area contributed by atoms with Gasteiger partial charge < -0.3 is 5.32 Å². The molecule has 3 nitrogen and oxygen atoms in total. The van der Waals surface area contributed by atoms with Gasteiger partial charge in [-0.15, -0.1) is 11.3 Å². The van der Waals surface area contributed by atoms with E-state index in [2.05, 4.69) is 29.2 Å². The van der Waals surface area contributed by atoms with Gasteiger partial charge in [-0.25, -0.2) is 4.98 Å². The van der Waals surface area contributed by atoms with Crippen molar-refractivity contribution in [3.8, 4) is 0 Å². The van der Waals surface area contributed by atoms with Crippen LogP contribution in [0.1, 0.15) is 22.7 Å². The van der Waals surface area contributed by atoms with Crippen molar-refractivity contribution in [2.75, 3.05) is 20.1 Å². The van der Waals surface area contributed by atoms with Gasteiger partial charge in [-0.3, -0.25) is 4.90 Å². The molecule has 0 saturated carbocycles. The van der Waals surface area contributed by atoms with E-state index in [1.54, 1.807) is 11.3 Å². The number of nitrogens with one attached hydrogen (secondary N) is 1. The van der Waals surface area contributed by atoms with E-state index in [-0.39, 0.29) is 0 Å². The highest BCUT2D eigenvalue weighted by molar-refractivity contribution is 7.11. The molecule has 1 fully saturated rings. The van der Waals surface area contributed by atoms with Crippen LogP contribution in [0.15, 0.2) is 6.20 Å². The van der Waals surface area contributed by atoms with Gasteiger partial charge in [0.05, 0.1) is 5.01 Å². The van der Waals surface area contributed by atoms with Gasteiger partial charge in [0.1, 0.15) is 0 Å². The van der Waals surface area contributed by atoms with Crippen LogP contribution in [0.4, 0.5) is 0 Å². The second-order valence-corrected chi connectivity index (χ2v) is 5.58. The molecule has 1 aliphatic rings. The van der Waals surface area contributed by atoms with E-state index >= 15 is 0 Å². The minimum absolute atomic E-state index is 0.696. The average Bonchev–Trinajstić information content (AvgIpc) is 2.65. The first-order valence-electron chi connectivity index (χ1n) is 5.58. The Labute approximate surface area is 95.5 Å². The number of rotatable bonds is 3. The molecule has 2 rings (SSSR count). The summed E-state index contributed by atoms with van der Waals surface area (Å²) in [6.45, 7) is 5.42. The molecule has 1 aromatic heterocycles. The molecule has 1 aromatic rings. The lowest BCUT2D eigenvalue weighted by atomic mass is 10.1. The van der Waals surface area contributed by atoms with E-state index in [9.17, 15) is 0 Å². The van der Waals surface area contributed by atoms with Crippen molar-refractivity contribution in [3.05, 3.63) is 16.1 Å². The summed E-state index contributed by atoms with van der Waals surface area (Å²) in [7, 11) is 2.22. The number of hydrogen-bond donors (Lipinski definition) is 1. The van der Waals surface area contributed by atoms with E-state index < -0.39 is 0 Å². The number of likely N-dealkylation sites (N-methyl/N-ethyl adjacent to an activating group) is 1. The Bertz CT molecular complexity index is 305. The first-order chi connectivity index (χ1) is 7.25. The number of nitrogens with zero attached hydrogens (tertiary/aromatic N) is 2. The maximum atomic E-state index is 4.29. The lowest BCUT2D eigenvalue weighted by Gasteiger charge is -2.31. The smallest absolute Gasteiger partial charge is 0.0897 e. The van der Waals surface area contributed by atoms with E-state index in [1.807, 2.05) is 6.20 Å². The van der Waals surface area contributed by atoms with Gasteiger partial charge in [0, 0.05) is 30.2 Å². The van der Waals surface area contributed by atoms with Crippen LogP contribution < -0.4 is 5.32 Å². The molecule has 0 radical (unpaired) electrons. The van der Waals surface area contributed by atoms with E-state index in [0.717, 1.165) is 13.1 Å². The Hall–Kier alpha value is -0.450. The first kappa shape index (κ1) is 11.0. The van der Waals surface area contributed by atoms with Crippen molar-refractivity contribution in [1.29, 1.82) is 0 Å². The summed E-state index contributed by atoms with van der Waals surface area (Å²) in [6, 6.07) is 0.696. The van der Waals surface area contributed by atoms with Crippen molar-refractivity contribution in [3.63, 3.8) is 0 Å². The van der Waals surface area contributed by atoms with Gasteiger partial charge in [-0.2, -0.15) is 0 Å². The fraction of sp³-hybridized carbons (Fsp3) is 0.727. The zero-order chi connectivity index (χ0) is 10.7. The van der Waals surface area contributed by atoms with Crippen molar-refractivity contribution >= 4 is 11.3 Å². The fourth-order valence-corrected chi connectivity index (χ4v) is 2.92. The lowest BCUT2D eigenvalue weighted by Crippen LogP contribution is -2.43. The van der Waals surface area contributed by atoms with E-state index in [0.29, 0.717) is 6.04 Å². The van der Waals surface area contributed by atoms with Crippen LogP contribution in [0.25, 0.3) is 0 Å². The summed E-state index contributed by atoms with van der Waals surface area (Å²) in [5, 5.41) is 4.62. The van der Waals surface area contributed by atoms with Crippen molar-refractivity contribution in [2.24, 2.45) is 0 Å². The SMILES string of the molecule is Cc1ncc(CN(C)C2CCCNC2)s1. The number of aromatic nitrogens is 1. The monoisotopic (exact) mass is 225 g/mol. The van der Waals surface area contributed by atoms with Gasteiger partial charge in [0.2, 0.25) is 0 Å². The van der Waals surface area contributed by atoms with Crippen LogP contribution >= 0.6 is 11.3 Å². The molecular formula is C11H19N3S. The zero-order valence-electron chi connectivity index (χ0n) is 9.49. The second kappa shape index (κ2) is 5.05. The van der Waals surface area contributed by atoms with Crippen LogP contribution in [0, 0.1) is 6.92 Å². The Morgan fingerprint density at radius 2 is 2.53 bits per heavy atom. The Kier molecular flexibility index (Phi) is 3.72. The standard InChI is InChI=1S/C11H19N3S/c1-9-13-7-11(15-9)8-14(2)10-4-3-5-12-6-10/h7,10,12H,3-6,8H2,1-2H3. The maximum Gasteiger partial charge on any atom is 0.0897 e. The van der Waals surface area contributed by atoms with Gasteiger partial charge in [-0.1, -0.05) is 0 Å². The number of thiazole rings is 1. The van der Waals surface area contributed by atoms with Crippen LogP contribution in [0.3, 0.4) is 0 Å². The highest BCUT2D eigenvalue weighted by atomic mass is 32.1. The van der Waals surface area contributed by atoms with E-state index in [1.165, 1.54) is 29.3 Å². The Morgan fingerprint density at radius 3 is 3.13 bits per heavy atom. The number of hydrogen-bond acceptors (Lipinski definition) is 4. The van der Waals surface area contributed by atoms with Crippen molar-refractivity contribution < 1.29 is 0 Å². The van der Waals surface area contributed by atoms with Gasteiger partial charge >= 0.3 is 0 Å². The predicted molar refractivity (Wildman–Crippen MR) is 64.2 cm³/mol. The largest absolute Gasteiger partial charge is 0.315 e. The van der Waals surface area contributed by atoms with Crippen LogP contribution in [0.2, 0.25) is 0 Å². The summed E-state index contributed by atoms with van der Waals surface area (Å²) in [5.41, 5.74) is 0. The summed E-state index contributed by atoms with van der Waals surface area (Å²) in [4.78, 5) is 8.11. The molecule has 0 spiro atoms. The zero-order valence-corrected chi connectivity index (χ0v) is 10.3. The van der Waals surface area contributed by atoms with Crippen LogP contribution in [0.5, 0.6) is 0 Å². The van der Waals surface area contributed by atoms with Crippen LogP contribution in [-0.2, 0) is 6.54 Å². The Morgan fingerprint density at radius 1 is 1.67 bits per heavy atom. The lowest BCUT2D eigenvalue weighted by molar-refractivity contribution is 0.197. The molecular weight excluding hydrogens is 206 g/mol. The second-order valence-electron chi connectivity index (χ2n) is 4.26. The average molecular weight is 225 g/mol. The number of aryl methyl sites for hydroxylation is 1. The molecule has 84 valence electrons. The Balaban J connectivity index is 1.88. The van der Waals surface area contributed by atoms with Crippen LogP contribution in [-0.4, -0.2) is 36.1 Å². The van der Waals surface area contributed by atoms with Gasteiger partial charge in [0.25, 0.3) is 0 Å². The topological polar surface area (TPSA) is 28.2 Å². The van der Waals surface area contributed by atoms with E-state index in [4.69, 9.17) is 0 Å². The fourth-order valence-electron chi connectivity index (χ4n) is 2.06. The summed E-state index contributed by atoms with van der Waals surface area (Å²) < 4.78 is 0. The molecule has 4 heteroatoms. The van der Waals surface area contributed by atoms with Crippen molar-refractivity contribution in [1.82, 2.24) is 15.2 Å². The van der Waals surface area contributed by atoms with Gasteiger partial charge in [-0.05, 0) is 33.4 Å². The predicted octanol–water partition coefficient (Wildman–Crippen LogP) is 1.64. The normalized spacial score (nSPS) is 22.2. The first-order valence-corrected chi connectivity index (χ1v) is 6.39. The molecule has 1 atom stereocenters. The molecule has 0 amide bonds. The third-order valence-corrected chi connectivity index (χ3v) is 3.87. The quantitative estimate of drug-likeness (QED) is 0.847. The third-order valence-electron chi connectivity index (χ3n) is 2.97. The molecule has 1 N–H and O–H groups in total. The molecule has 15 heavy (non-hydrogen) atoms. The molecule has 1 aliphatic heterocycles. The molecule has 1 saturated heterocycles. The molecule has 0 aromatic carbocycles. The highest BCUT2D eigenvalue weighted by Gasteiger charge is 2.17. The molecule has 2 heterocycles.